The van der Waals surface area contributed by atoms with E-state index in [9.17, 15) is 26.8 Å². The lowest BCUT2D eigenvalue weighted by Gasteiger charge is -2.19. The largest absolute Gasteiger partial charge is 0.344 e. The molecule has 0 aromatic heterocycles. The Morgan fingerprint density at radius 2 is 1.79 bits per heavy atom. The van der Waals surface area contributed by atoms with Gasteiger partial charge in [-0.25, -0.2) is 17.2 Å². The van der Waals surface area contributed by atoms with E-state index >= 15 is 0 Å². The molecule has 0 aliphatic carbocycles. The molecule has 1 fully saturated rings. The summed E-state index contributed by atoms with van der Waals surface area (Å²) in [6.07, 6.45) is 1.26. The van der Waals surface area contributed by atoms with Gasteiger partial charge in [-0.15, -0.1) is 0 Å². The predicted molar refractivity (Wildman–Crippen MR) is 99.5 cm³/mol. The first kappa shape index (κ1) is 19.9. The second-order valence-electron chi connectivity index (χ2n) is 6.56. The number of carbonyl (C=O) groups excluding carboxylic acids is 2. The molecule has 0 saturated carbocycles. The second kappa shape index (κ2) is 7.31. The van der Waals surface area contributed by atoms with Gasteiger partial charge in [-0.05, 0) is 24.6 Å². The molecule has 1 N–H and O–H groups in total. The van der Waals surface area contributed by atoms with E-state index in [0.29, 0.717) is 0 Å². The number of hydrogen-bond acceptors (Lipinski definition) is 4. The predicted octanol–water partition coefficient (Wildman–Crippen LogP) is 2.28. The highest BCUT2D eigenvalue weighted by molar-refractivity contribution is 7.90. The third-order valence-electron chi connectivity index (χ3n) is 4.51. The standard InChI is InChI=1S/C19H18F2N2O4S/c1-11(24)22-14-9-10-23(19(14)25)15-8-7-13(17(20)18(15)21)12-5-3-4-6-16(12)28(2,26)27/h3-8,14H,9-10H2,1-2H3,(H,22,24)/t14-/m1/s1. The lowest BCUT2D eigenvalue weighted by Crippen LogP contribution is -2.40. The number of carbonyl (C=O) groups is 2. The average Bonchev–Trinajstić information content (AvgIpc) is 2.96. The van der Waals surface area contributed by atoms with Crippen LogP contribution >= 0.6 is 0 Å². The Balaban J connectivity index is 2.03. The highest BCUT2D eigenvalue weighted by Crippen LogP contribution is 2.35. The van der Waals surface area contributed by atoms with Gasteiger partial charge in [-0.3, -0.25) is 9.59 Å². The summed E-state index contributed by atoms with van der Waals surface area (Å²) < 4.78 is 53.5. The number of nitrogens with zero attached hydrogens (tertiary/aromatic N) is 1. The third kappa shape index (κ3) is 3.62. The van der Waals surface area contributed by atoms with Crippen molar-refractivity contribution in [2.45, 2.75) is 24.3 Å². The van der Waals surface area contributed by atoms with Crippen LogP contribution in [0.2, 0.25) is 0 Å². The number of nitrogens with one attached hydrogen (secondary N) is 1. The molecule has 0 bridgehead atoms. The molecule has 1 atom stereocenters. The number of anilines is 1. The van der Waals surface area contributed by atoms with Crippen molar-refractivity contribution in [2.24, 2.45) is 0 Å². The quantitative estimate of drug-likeness (QED) is 0.841. The van der Waals surface area contributed by atoms with E-state index in [1.165, 1.54) is 43.3 Å². The van der Waals surface area contributed by atoms with Crippen molar-refractivity contribution >= 4 is 27.3 Å². The minimum absolute atomic E-state index is 0.0387. The van der Waals surface area contributed by atoms with Gasteiger partial charge in [0.2, 0.25) is 11.8 Å². The first-order chi connectivity index (χ1) is 13.1. The van der Waals surface area contributed by atoms with Gasteiger partial charge in [0.15, 0.2) is 21.5 Å². The van der Waals surface area contributed by atoms with Crippen molar-refractivity contribution in [2.75, 3.05) is 17.7 Å². The van der Waals surface area contributed by atoms with Crippen molar-refractivity contribution in [3.05, 3.63) is 48.0 Å². The summed E-state index contributed by atoms with van der Waals surface area (Å²) in [5, 5.41) is 2.47. The van der Waals surface area contributed by atoms with Gasteiger partial charge in [-0.2, -0.15) is 0 Å². The monoisotopic (exact) mass is 408 g/mol. The second-order valence-corrected chi connectivity index (χ2v) is 8.54. The minimum atomic E-state index is -3.66. The summed E-state index contributed by atoms with van der Waals surface area (Å²) >= 11 is 0. The molecule has 0 spiro atoms. The summed E-state index contributed by atoms with van der Waals surface area (Å²) in [5.41, 5.74) is -0.430. The molecule has 2 aromatic carbocycles. The summed E-state index contributed by atoms with van der Waals surface area (Å²) in [4.78, 5) is 24.5. The maximum atomic E-state index is 14.8. The average molecular weight is 408 g/mol. The summed E-state index contributed by atoms with van der Waals surface area (Å²) in [6.45, 7) is 1.39. The highest BCUT2D eigenvalue weighted by atomic mass is 32.2. The van der Waals surface area contributed by atoms with Crippen LogP contribution in [0.15, 0.2) is 41.3 Å². The van der Waals surface area contributed by atoms with Crippen LogP contribution in [0.4, 0.5) is 14.5 Å². The molecular weight excluding hydrogens is 390 g/mol. The van der Waals surface area contributed by atoms with E-state index in [2.05, 4.69) is 5.32 Å². The lowest BCUT2D eigenvalue weighted by atomic mass is 10.0. The van der Waals surface area contributed by atoms with Crippen LogP contribution in [-0.2, 0) is 19.4 Å². The fraction of sp³-hybridized carbons (Fsp3) is 0.263. The molecule has 1 aliphatic rings. The first-order valence-electron chi connectivity index (χ1n) is 8.47. The molecule has 0 radical (unpaired) electrons. The van der Waals surface area contributed by atoms with Crippen molar-refractivity contribution in [1.29, 1.82) is 0 Å². The van der Waals surface area contributed by atoms with Crippen LogP contribution in [0.25, 0.3) is 11.1 Å². The van der Waals surface area contributed by atoms with Crippen LogP contribution in [0, 0.1) is 11.6 Å². The molecule has 1 aliphatic heterocycles. The maximum Gasteiger partial charge on any atom is 0.249 e. The summed E-state index contributed by atoms with van der Waals surface area (Å²) in [5.74, 6) is -3.42. The van der Waals surface area contributed by atoms with Gasteiger partial charge in [0.1, 0.15) is 6.04 Å². The highest BCUT2D eigenvalue weighted by Gasteiger charge is 2.35. The number of amides is 2. The smallest absolute Gasteiger partial charge is 0.249 e. The zero-order chi connectivity index (χ0) is 20.6. The summed E-state index contributed by atoms with van der Waals surface area (Å²) in [7, 11) is -3.66. The van der Waals surface area contributed by atoms with Crippen molar-refractivity contribution in [3.8, 4) is 11.1 Å². The number of benzene rings is 2. The zero-order valence-electron chi connectivity index (χ0n) is 15.2. The lowest BCUT2D eigenvalue weighted by molar-refractivity contribution is -0.125. The molecule has 2 amide bonds. The van der Waals surface area contributed by atoms with E-state index in [4.69, 9.17) is 0 Å². The first-order valence-corrected chi connectivity index (χ1v) is 10.4. The van der Waals surface area contributed by atoms with Crippen molar-refractivity contribution < 1.29 is 26.8 Å². The topological polar surface area (TPSA) is 83.6 Å². The Labute approximate surface area is 161 Å². The number of halogens is 2. The molecule has 1 saturated heterocycles. The number of hydrogen-bond donors (Lipinski definition) is 1. The van der Waals surface area contributed by atoms with Gasteiger partial charge in [0, 0.05) is 30.9 Å². The Hall–Kier alpha value is -2.81. The molecule has 148 valence electrons. The van der Waals surface area contributed by atoms with Crippen LogP contribution in [0.5, 0.6) is 0 Å². The molecule has 2 aromatic rings. The fourth-order valence-electron chi connectivity index (χ4n) is 3.27. The minimum Gasteiger partial charge on any atom is -0.344 e. The Morgan fingerprint density at radius 1 is 1.11 bits per heavy atom. The SMILES string of the molecule is CC(=O)N[C@@H]1CCN(c2ccc(-c3ccccc3S(C)(=O)=O)c(F)c2F)C1=O. The van der Waals surface area contributed by atoms with E-state index in [1.54, 1.807) is 0 Å². The van der Waals surface area contributed by atoms with Gasteiger partial charge in [0.05, 0.1) is 10.6 Å². The zero-order valence-corrected chi connectivity index (χ0v) is 16.0. The van der Waals surface area contributed by atoms with Gasteiger partial charge < -0.3 is 10.2 Å². The van der Waals surface area contributed by atoms with Crippen molar-refractivity contribution in [3.63, 3.8) is 0 Å². The Morgan fingerprint density at radius 3 is 2.43 bits per heavy atom. The molecule has 3 rings (SSSR count). The van der Waals surface area contributed by atoms with Gasteiger partial charge in [-0.1, -0.05) is 18.2 Å². The third-order valence-corrected chi connectivity index (χ3v) is 5.67. The van der Waals surface area contributed by atoms with Crippen LogP contribution in [0.3, 0.4) is 0 Å². The fourth-order valence-corrected chi connectivity index (χ4v) is 4.17. The van der Waals surface area contributed by atoms with Gasteiger partial charge >= 0.3 is 0 Å². The maximum absolute atomic E-state index is 14.8. The van der Waals surface area contributed by atoms with E-state index < -0.39 is 33.4 Å². The van der Waals surface area contributed by atoms with Gasteiger partial charge in [0.25, 0.3) is 0 Å². The Bertz CT molecular complexity index is 1070. The molecule has 6 nitrogen and oxygen atoms in total. The summed E-state index contributed by atoms with van der Waals surface area (Å²) in [6, 6.07) is 7.42. The number of sulfone groups is 1. The van der Waals surface area contributed by atoms with Crippen LogP contribution < -0.4 is 10.2 Å². The Kier molecular flexibility index (Phi) is 5.20. The van der Waals surface area contributed by atoms with E-state index in [0.717, 1.165) is 11.2 Å². The normalized spacial score (nSPS) is 17.1. The van der Waals surface area contributed by atoms with Crippen LogP contribution in [0.1, 0.15) is 13.3 Å². The number of rotatable bonds is 4. The molecule has 0 unspecified atom stereocenters. The molecule has 9 heteroatoms. The van der Waals surface area contributed by atoms with Crippen LogP contribution in [-0.4, -0.2) is 39.1 Å². The van der Waals surface area contributed by atoms with E-state index in [1.807, 2.05) is 0 Å². The molecule has 28 heavy (non-hydrogen) atoms. The molecular formula is C19H18F2N2O4S. The van der Waals surface area contributed by atoms with E-state index in [-0.39, 0.29) is 40.6 Å². The van der Waals surface area contributed by atoms with Crippen molar-refractivity contribution in [1.82, 2.24) is 5.32 Å². The molecule has 1 heterocycles.